The number of halogens is 1. The summed E-state index contributed by atoms with van der Waals surface area (Å²) in [6, 6.07) is 21.6. The topological polar surface area (TPSA) is 61.4 Å². The molecular formula is C22H23ClN2O2. The average Bonchev–Trinajstić information content (AvgIpc) is 2.71. The summed E-state index contributed by atoms with van der Waals surface area (Å²) in [6.07, 6.45) is 0.196. The first-order chi connectivity index (χ1) is 12.7. The van der Waals surface area contributed by atoms with Gasteiger partial charge < -0.3 is 15.7 Å². The van der Waals surface area contributed by atoms with Crippen LogP contribution in [0.3, 0.4) is 0 Å². The maximum Gasteiger partial charge on any atom is 0.241 e. The first-order valence-corrected chi connectivity index (χ1v) is 8.98. The zero-order valence-electron chi connectivity index (χ0n) is 14.9. The molecule has 4 rings (SSSR count). The van der Waals surface area contributed by atoms with Crippen molar-refractivity contribution in [3.63, 3.8) is 0 Å². The van der Waals surface area contributed by atoms with Gasteiger partial charge in [0.2, 0.25) is 5.91 Å². The van der Waals surface area contributed by atoms with E-state index in [4.69, 9.17) is 0 Å². The molecule has 0 fully saturated rings. The summed E-state index contributed by atoms with van der Waals surface area (Å²) >= 11 is 0. The summed E-state index contributed by atoms with van der Waals surface area (Å²) in [6.45, 7) is 0.972. The summed E-state index contributed by atoms with van der Waals surface area (Å²) in [7, 11) is 0. The Morgan fingerprint density at radius 1 is 1.07 bits per heavy atom. The molecule has 0 aliphatic carbocycles. The first kappa shape index (κ1) is 19.4. The van der Waals surface area contributed by atoms with E-state index in [1.54, 1.807) is 0 Å². The Morgan fingerprint density at radius 2 is 1.81 bits per heavy atom. The number of carbonyl (C=O) groups is 1. The third-order valence-corrected chi connectivity index (χ3v) is 5.00. The lowest BCUT2D eigenvalue weighted by Crippen LogP contribution is -2.42. The molecule has 3 N–H and O–H groups in total. The fourth-order valence-corrected chi connectivity index (χ4v) is 3.57. The molecule has 1 heterocycles. The van der Waals surface area contributed by atoms with E-state index in [-0.39, 0.29) is 30.9 Å². The average molecular weight is 383 g/mol. The molecule has 1 aliphatic heterocycles. The highest BCUT2D eigenvalue weighted by Gasteiger charge is 2.25. The van der Waals surface area contributed by atoms with Crippen molar-refractivity contribution in [3.05, 3.63) is 83.4 Å². The van der Waals surface area contributed by atoms with Crippen LogP contribution < -0.4 is 10.6 Å². The van der Waals surface area contributed by atoms with Crippen molar-refractivity contribution >= 4 is 29.1 Å². The van der Waals surface area contributed by atoms with Gasteiger partial charge in [0.15, 0.2) is 0 Å². The SMILES string of the molecule is Cl.O=C(NCC(O)c1ccc2ccccc2c1)C1NCCc2ccccc21. The highest BCUT2D eigenvalue weighted by molar-refractivity contribution is 5.85. The number of carbonyl (C=O) groups excluding carboxylic acids is 1. The fourth-order valence-electron chi connectivity index (χ4n) is 3.57. The summed E-state index contributed by atoms with van der Waals surface area (Å²) in [5.41, 5.74) is 3.04. The summed E-state index contributed by atoms with van der Waals surface area (Å²) in [4.78, 5) is 12.6. The van der Waals surface area contributed by atoms with Crippen molar-refractivity contribution in [2.24, 2.45) is 0 Å². The standard InChI is InChI=1S/C22H22N2O2.ClH/c25-20(18-10-9-15-5-1-2-7-17(15)13-18)14-24-22(26)21-19-8-4-3-6-16(19)11-12-23-21;/h1-10,13,20-21,23,25H,11-12,14H2,(H,24,26);1H. The largest absolute Gasteiger partial charge is 0.387 e. The van der Waals surface area contributed by atoms with Crippen LogP contribution >= 0.6 is 12.4 Å². The highest BCUT2D eigenvalue weighted by Crippen LogP contribution is 2.23. The van der Waals surface area contributed by atoms with Gasteiger partial charge in [-0.15, -0.1) is 12.4 Å². The minimum atomic E-state index is -0.734. The molecule has 5 heteroatoms. The molecule has 140 valence electrons. The quantitative estimate of drug-likeness (QED) is 0.648. The summed E-state index contributed by atoms with van der Waals surface area (Å²) < 4.78 is 0. The van der Waals surface area contributed by atoms with Gasteiger partial charge in [0, 0.05) is 13.1 Å². The van der Waals surface area contributed by atoms with E-state index in [2.05, 4.69) is 16.7 Å². The highest BCUT2D eigenvalue weighted by atomic mass is 35.5. The molecule has 0 aromatic heterocycles. The van der Waals surface area contributed by atoms with Gasteiger partial charge in [-0.2, -0.15) is 0 Å². The van der Waals surface area contributed by atoms with E-state index in [1.165, 1.54) is 5.56 Å². The van der Waals surface area contributed by atoms with Crippen LogP contribution in [-0.2, 0) is 11.2 Å². The van der Waals surface area contributed by atoms with Crippen LogP contribution in [0.5, 0.6) is 0 Å². The third-order valence-electron chi connectivity index (χ3n) is 5.00. The second kappa shape index (κ2) is 8.53. The molecule has 1 aliphatic rings. The molecule has 1 amide bonds. The van der Waals surface area contributed by atoms with E-state index in [1.807, 2.05) is 60.7 Å². The van der Waals surface area contributed by atoms with Gasteiger partial charge in [0.05, 0.1) is 6.10 Å². The van der Waals surface area contributed by atoms with Crippen molar-refractivity contribution in [2.45, 2.75) is 18.6 Å². The molecule has 0 saturated carbocycles. The zero-order chi connectivity index (χ0) is 17.9. The number of hydrogen-bond donors (Lipinski definition) is 3. The van der Waals surface area contributed by atoms with Crippen LogP contribution in [0.25, 0.3) is 10.8 Å². The smallest absolute Gasteiger partial charge is 0.241 e. The van der Waals surface area contributed by atoms with E-state index in [0.717, 1.165) is 34.9 Å². The van der Waals surface area contributed by atoms with Crippen LogP contribution in [0.2, 0.25) is 0 Å². The predicted molar refractivity (Wildman–Crippen MR) is 110 cm³/mol. The summed E-state index contributed by atoms with van der Waals surface area (Å²) in [5.74, 6) is -0.100. The number of rotatable bonds is 4. The van der Waals surface area contributed by atoms with Crippen LogP contribution in [0.4, 0.5) is 0 Å². The molecule has 0 saturated heterocycles. The number of amides is 1. The Hall–Kier alpha value is -2.40. The van der Waals surface area contributed by atoms with Crippen LogP contribution in [-0.4, -0.2) is 24.1 Å². The molecule has 3 aromatic carbocycles. The maximum absolute atomic E-state index is 12.6. The summed E-state index contributed by atoms with van der Waals surface area (Å²) in [5, 5.41) is 18.9. The molecule has 27 heavy (non-hydrogen) atoms. The van der Waals surface area contributed by atoms with Crippen molar-refractivity contribution in [1.82, 2.24) is 10.6 Å². The van der Waals surface area contributed by atoms with Crippen LogP contribution in [0.15, 0.2) is 66.7 Å². The normalized spacial score (nSPS) is 16.9. The molecule has 3 aromatic rings. The molecule has 2 atom stereocenters. The number of benzene rings is 3. The van der Waals surface area contributed by atoms with Crippen LogP contribution in [0.1, 0.15) is 28.8 Å². The second-order valence-electron chi connectivity index (χ2n) is 6.70. The van der Waals surface area contributed by atoms with E-state index in [9.17, 15) is 9.90 Å². The lowest BCUT2D eigenvalue weighted by atomic mass is 9.94. The van der Waals surface area contributed by atoms with Crippen molar-refractivity contribution in [2.75, 3.05) is 13.1 Å². The lowest BCUT2D eigenvalue weighted by molar-refractivity contribution is -0.123. The first-order valence-electron chi connectivity index (χ1n) is 8.98. The molecule has 0 radical (unpaired) electrons. The van der Waals surface area contributed by atoms with Gasteiger partial charge in [0.25, 0.3) is 0 Å². The Morgan fingerprint density at radius 3 is 2.67 bits per heavy atom. The molecule has 0 spiro atoms. The minimum Gasteiger partial charge on any atom is -0.387 e. The van der Waals surface area contributed by atoms with Gasteiger partial charge in [-0.25, -0.2) is 0 Å². The van der Waals surface area contributed by atoms with Gasteiger partial charge >= 0.3 is 0 Å². The Labute approximate surface area is 165 Å². The van der Waals surface area contributed by atoms with Gasteiger partial charge in [-0.05, 0) is 39.9 Å². The van der Waals surface area contributed by atoms with E-state index in [0.29, 0.717) is 0 Å². The van der Waals surface area contributed by atoms with Crippen LogP contribution in [0, 0.1) is 0 Å². The number of fused-ring (bicyclic) bond motifs is 2. The van der Waals surface area contributed by atoms with Gasteiger partial charge in [0.1, 0.15) is 6.04 Å². The van der Waals surface area contributed by atoms with E-state index >= 15 is 0 Å². The monoisotopic (exact) mass is 382 g/mol. The maximum atomic E-state index is 12.6. The lowest BCUT2D eigenvalue weighted by Gasteiger charge is -2.26. The Balaban J connectivity index is 0.00000210. The molecule has 2 unspecified atom stereocenters. The van der Waals surface area contributed by atoms with Crippen molar-refractivity contribution in [3.8, 4) is 0 Å². The number of hydrogen-bond acceptors (Lipinski definition) is 3. The number of nitrogens with one attached hydrogen (secondary N) is 2. The number of aliphatic hydroxyl groups is 1. The molecule has 4 nitrogen and oxygen atoms in total. The fraction of sp³-hybridized carbons (Fsp3) is 0.227. The second-order valence-corrected chi connectivity index (χ2v) is 6.70. The van der Waals surface area contributed by atoms with Crippen molar-refractivity contribution < 1.29 is 9.90 Å². The Kier molecular flexibility index (Phi) is 6.11. The van der Waals surface area contributed by atoms with E-state index < -0.39 is 6.10 Å². The van der Waals surface area contributed by atoms with Crippen molar-refractivity contribution in [1.29, 1.82) is 0 Å². The minimum absolute atomic E-state index is 0. The molecule has 0 bridgehead atoms. The predicted octanol–water partition coefficient (Wildman–Crippen LogP) is 3.30. The third kappa shape index (κ3) is 4.14. The molecular weight excluding hydrogens is 360 g/mol. The number of aliphatic hydroxyl groups excluding tert-OH is 1. The Bertz CT molecular complexity index is 944. The van der Waals surface area contributed by atoms with Gasteiger partial charge in [-0.1, -0.05) is 60.7 Å². The van der Waals surface area contributed by atoms with Gasteiger partial charge in [-0.3, -0.25) is 4.79 Å². The zero-order valence-corrected chi connectivity index (χ0v) is 15.7.